The zero-order valence-corrected chi connectivity index (χ0v) is 9.76. The molecule has 1 rings (SSSR count). The van der Waals surface area contributed by atoms with Gasteiger partial charge in [0, 0.05) is 18.3 Å². The first-order chi connectivity index (χ1) is 6.99. The number of rotatable bonds is 4. The number of hydrogen-bond acceptors (Lipinski definition) is 2. The molecule has 2 unspecified atom stereocenters. The maximum absolute atomic E-state index is 11.8. The van der Waals surface area contributed by atoms with Crippen molar-refractivity contribution >= 4 is 11.8 Å². The van der Waals surface area contributed by atoms with Gasteiger partial charge < -0.3 is 5.32 Å². The van der Waals surface area contributed by atoms with Crippen LogP contribution in [0.2, 0.25) is 0 Å². The summed E-state index contributed by atoms with van der Waals surface area (Å²) >= 11 is 0.0609. The summed E-state index contributed by atoms with van der Waals surface area (Å²) in [5, 5.41) is 3.22. The molecule has 2 atom stereocenters. The molecule has 0 heterocycles. The predicted octanol–water partition coefficient (Wildman–Crippen LogP) is 3.41. The Kier molecular flexibility index (Phi) is 5.26. The molecule has 15 heavy (non-hydrogen) atoms. The summed E-state index contributed by atoms with van der Waals surface area (Å²) in [5.74, 6) is 0.724. The molecule has 1 aliphatic rings. The molecule has 0 aromatic carbocycles. The summed E-state index contributed by atoms with van der Waals surface area (Å²) < 4.78 is 35.5. The molecule has 0 spiro atoms. The second kappa shape index (κ2) is 5.99. The molecule has 1 aliphatic carbocycles. The first-order valence-corrected chi connectivity index (χ1v) is 6.41. The van der Waals surface area contributed by atoms with Gasteiger partial charge in [-0.25, -0.2) is 0 Å². The van der Waals surface area contributed by atoms with Gasteiger partial charge in [-0.3, -0.25) is 0 Å². The molecular formula is C10H18F3NS. The van der Waals surface area contributed by atoms with E-state index < -0.39 is 5.51 Å². The van der Waals surface area contributed by atoms with Crippen LogP contribution in [0, 0.1) is 5.92 Å². The highest BCUT2D eigenvalue weighted by Crippen LogP contribution is 2.29. The number of nitrogens with one attached hydrogen (secondary N) is 1. The Morgan fingerprint density at radius 1 is 1.27 bits per heavy atom. The number of alkyl halides is 3. The summed E-state index contributed by atoms with van der Waals surface area (Å²) in [6.45, 7) is 2.63. The first-order valence-electron chi connectivity index (χ1n) is 5.43. The second-order valence-corrected chi connectivity index (χ2v) is 5.28. The lowest BCUT2D eigenvalue weighted by molar-refractivity contribution is -0.0327. The van der Waals surface area contributed by atoms with Crippen LogP contribution in [-0.2, 0) is 0 Å². The van der Waals surface area contributed by atoms with E-state index in [4.69, 9.17) is 0 Å². The maximum Gasteiger partial charge on any atom is 0.441 e. The van der Waals surface area contributed by atoms with E-state index in [0.29, 0.717) is 18.5 Å². The molecule has 0 saturated heterocycles. The Balaban J connectivity index is 2.08. The molecule has 0 aromatic heterocycles. The zero-order chi connectivity index (χ0) is 11.3. The van der Waals surface area contributed by atoms with Crippen LogP contribution in [0.15, 0.2) is 0 Å². The largest absolute Gasteiger partial charge is 0.441 e. The van der Waals surface area contributed by atoms with Crippen LogP contribution in [-0.4, -0.2) is 23.8 Å². The van der Waals surface area contributed by atoms with Gasteiger partial charge in [0.05, 0.1) is 0 Å². The SMILES string of the molecule is CC1CCCCC1NCCSC(F)(F)F. The standard InChI is InChI=1S/C10H18F3NS/c1-8-4-2-3-5-9(8)14-6-7-15-10(11,12)13/h8-9,14H,2-7H2,1H3. The van der Waals surface area contributed by atoms with E-state index in [1.165, 1.54) is 19.3 Å². The van der Waals surface area contributed by atoms with Crippen LogP contribution in [0.25, 0.3) is 0 Å². The smallest absolute Gasteiger partial charge is 0.313 e. The van der Waals surface area contributed by atoms with Gasteiger partial charge in [-0.05, 0) is 30.5 Å². The summed E-state index contributed by atoms with van der Waals surface area (Å²) in [5.41, 5.74) is -4.08. The Labute approximate surface area is 93.2 Å². The summed E-state index contributed by atoms with van der Waals surface area (Å²) in [6.07, 6.45) is 4.77. The highest BCUT2D eigenvalue weighted by molar-refractivity contribution is 8.00. The van der Waals surface area contributed by atoms with E-state index in [1.54, 1.807) is 0 Å². The number of halogens is 3. The summed E-state index contributed by atoms with van der Waals surface area (Å²) in [6, 6.07) is 0.424. The third-order valence-electron chi connectivity index (χ3n) is 2.89. The topological polar surface area (TPSA) is 12.0 Å². The quantitative estimate of drug-likeness (QED) is 0.757. The maximum atomic E-state index is 11.8. The fraction of sp³-hybridized carbons (Fsp3) is 1.00. The number of hydrogen-bond donors (Lipinski definition) is 1. The Bertz CT molecular complexity index is 184. The molecule has 1 fully saturated rings. The van der Waals surface area contributed by atoms with Crippen molar-refractivity contribution in [1.82, 2.24) is 5.32 Å². The molecule has 1 nitrogen and oxygen atoms in total. The average molecular weight is 241 g/mol. The van der Waals surface area contributed by atoms with E-state index in [-0.39, 0.29) is 17.5 Å². The van der Waals surface area contributed by atoms with Gasteiger partial charge in [-0.1, -0.05) is 19.8 Å². The van der Waals surface area contributed by atoms with Crippen LogP contribution >= 0.6 is 11.8 Å². The summed E-state index contributed by atoms with van der Waals surface area (Å²) in [7, 11) is 0. The van der Waals surface area contributed by atoms with Gasteiger partial charge >= 0.3 is 5.51 Å². The Morgan fingerprint density at radius 2 is 1.93 bits per heavy atom. The van der Waals surface area contributed by atoms with Crippen molar-refractivity contribution in [2.45, 2.75) is 44.2 Å². The molecule has 0 bridgehead atoms. The van der Waals surface area contributed by atoms with Crippen molar-refractivity contribution in [3.63, 3.8) is 0 Å². The molecular weight excluding hydrogens is 223 g/mol. The van der Waals surface area contributed by atoms with Crippen molar-refractivity contribution in [2.24, 2.45) is 5.92 Å². The minimum absolute atomic E-state index is 0.0609. The molecule has 0 aromatic rings. The third kappa shape index (κ3) is 5.66. The van der Waals surface area contributed by atoms with E-state index >= 15 is 0 Å². The zero-order valence-electron chi connectivity index (χ0n) is 8.94. The predicted molar refractivity (Wildman–Crippen MR) is 57.9 cm³/mol. The van der Waals surface area contributed by atoms with Crippen molar-refractivity contribution in [1.29, 1.82) is 0 Å². The molecule has 5 heteroatoms. The van der Waals surface area contributed by atoms with Crippen LogP contribution in [0.1, 0.15) is 32.6 Å². The molecule has 0 radical (unpaired) electrons. The molecule has 1 N–H and O–H groups in total. The fourth-order valence-electron chi connectivity index (χ4n) is 2.03. The fourth-order valence-corrected chi connectivity index (χ4v) is 2.48. The van der Waals surface area contributed by atoms with E-state index in [1.807, 2.05) is 0 Å². The van der Waals surface area contributed by atoms with Crippen molar-refractivity contribution in [2.75, 3.05) is 12.3 Å². The van der Waals surface area contributed by atoms with Crippen molar-refractivity contribution < 1.29 is 13.2 Å². The average Bonchev–Trinajstić information content (AvgIpc) is 2.13. The molecule has 0 aliphatic heterocycles. The van der Waals surface area contributed by atoms with Crippen LogP contribution in [0.4, 0.5) is 13.2 Å². The minimum Gasteiger partial charge on any atom is -0.313 e. The molecule has 0 amide bonds. The van der Waals surface area contributed by atoms with Crippen molar-refractivity contribution in [3.8, 4) is 0 Å². The lowest BCUT2D eigenvalue weighted by Gasteiger charge is -2.29. The first kappa shape index (κ1) is 13.2. The van der Waals surface area contributed by atoms with Gasteiger partial charge in [0.25, 0.3) is 0 Å². The van der Waals surface area contributed by atoms with Gasteiger partial charge in [0.1, 0.15) is 0 Å². The lowest BCUT2D eigenvalue weighted by atomic mass is 9.86. The Morgan fingerprint density at radius 3 is 2.53 bits per heavy atom. The van der Waals surface area contributed by atoms with Gasteiger partial charge in [0.2, 0.25) is 0 Å². The van der Waals surface area contributed by atoms with Crippen molar-refractivity contribution in [3.05, 3.63) is 0 Å². The lowest BCUT2D eigenvalue weighted by Crippen LogP contribution is -2.38. The van der Waals surface area contributed by atoms with Gasteiger partial charge in [-0.15, -0.1) is 0 Å². The minimum atomic E-state index is -4.08. The highest BCUT2D eigenvalue weighted by Gasteiger charge is 2.28. The molecule has 1 saturated carbocycles. The molecule has 90 valence electrons. The number of thioether (sulfide) groups is 1. The normalized spacial score (nSPS) is 28.0. The van der Waals surface area contributed by atoms with Crippen LogP contribution in [0.5, 0.6) is 0 Å². The van der Waals surface area contributed by atoms with E-state index in [2.05, 4.69) is 12.2 Å². The van der Waals surface area contributed by atoms with E-state index in [0.717, 1.165) is 6.42 Å². The van der Waals surface area contributed by atoms with Gasteiger partial charge in [-0.2, -0.15) is 13.2 Å². The second-order valence-electron chi connectivity index (χ2n) is 4.12. The van der Waals surface area contributed by atoms with Crippen LogP contribution < -0.4 is 5.32 Å². The van der Waals surface area contributed by atoms with Crippen LogP contribution in [0.3, 0.4) is 0 Å². The van der Waals surface area contributed by atoms with E-state index in [9.17, 15) is 13.2 Å². The Hall–Kier alpha value is 0.100. The highest BCUT2D eigenvalue weighted by atomic mass is 32.2. The third-order valence-corrected chi connectivity index (χ3v) is 3.62. The monoisotopic (exact) mass is 241 g/mol. The summed E-state index contributed by atoms with van der Waals surface area (Å²) in [4.78, 5) is 0. The van der Waals surface area contributed by atoms with Gasteiger partial charge in [0.15, 0.2) is 0 Å².